The molecular formula is C17H26N2. The van der Waals surface area contributed by atoms with E-state index in [1.807, 2.05) is 0 Å². The van der Waals surface area contributed by atoms with Crippen LogP contribution in [0.15, 0.2) is 24.3 Å². The number of piperidine rings is 1. The molecule has 0 bridgehead atoms. The summed E-state index contributed by atoms with van der Waals surface area (Å²) in [5.41, 5.74) is 9.11. The van der Waals surface area contributed by atoms with Crippen molar-refractivity contribution in [3.63, 3.8) is 0 Å². The SMILES string of the molecule is Cc1ccc(C2CC(N)CN(C(C)C3CC3)C2)cc1. The lowest BCUT2D eigenvalue weighted by Crippen LogP contribution is -2.50. The Kier molecular flexibility index (Phi) is 3.64. The summed E-state index contributed by atoms with van der Waals surface area (Å²) in [5, 5.41) is 0. The van der Waals surface area contributed by atoms with Gasteiger partial charge in [0.05, 0.1) is 0 Å². The molecule has 2 N–H and O–H groups in total. The normalized spacial score (nSPS) is 30.3. The number of rotatable bonds is 3. The standard InChI is InChI=1S/C17H26N2/c1-12-3-5-15(6-4-12)16-9-17(18)11-19(10-16)13(2)14-7-8-14/h3-6,13-14,16-17H,7-11,18H2,1-2H3. The van der Waals surface area contributed by atoms with E-state index in [1.54, 1.807) is 0 Å². The maximum Gasteiger partial charge on any atom is 0.0174 e. The summed E-state index contributed by atoms with van der Waals surface area (Å²) in [6.07, 6.45) is 3.97. The molecular weight excluding hydrogens is 232 g/mol. The monoisotopic (exact) mass is 258 g/mol. The van der Waals surface area contributed by atoms with E-state index in [9.17, 15) is 0 Å². The first kappa shape index (κ1) is 13.1. The Labute approximate surface area is 117 Å². The van der Waals surface area contributed by atoms with Crippen molar-refractivity contribution in [3.8, 4) is 0 Å². The summed E-state index contributed by atoms with van der Waals surface area (Å²) in [6, 6.07) is 10.1. The van der Waals surface area contributed by atoms with Crippen molar-refractivity contribution in [3.05, 3.63) is 35.4 Å². The molecule has 0 aromatic heterocycles. The molecule has 1 aliphatic heterocycles. The van der Waals surface area contributed by atoms with Crippen LogP contribution in [-0.4, -0.2) is 30.1 Å². The highest BCUT2D eigenvalue weighted by Crippen LogP contribution is 2.37. The largest absolute Gasteiger partial charge is 0.327 e. The second-order valence-electron chi connectivity index (χ2n) is 6.64. The van der Waals surface area contributed by atoms with Crippen molar-refractivity contribution in [1.29, 1.82) is 0 Å². The number of nitrogens with zero attached hydrogens (tertiary/aromatic N) is 1. The second kappa shape index (κ2) is 5.26. The first-order chi connectivity index (χ1) is 9.13. The Bertz CT molecular complexity index is 421. The van der Waals surface area contributed by atoms with Crippen molar-refractivity contribution in [2.75, 3.05) is 13.1 Å². The van der Waals surface area contributed by atoms with Crippen LogP contribution in [0.25, 0.3) is 0 Å². The molecule has 0 spiro atoms. The minimum absolute atomic E-state index is 0.334. The fourth-order valence-electron chi connectivity index (χ4n) is 3.46. The van der Waals surface area contributed by atoms with Gasteiger partial charge in [-0.15, -0.1) is 0 Å². The molecule has 19 heavy (non-hydrogen) atoms. The molecule has 3 rings (SSSR count). The van der Waals surface area contributed by atoms with Crippen molar-refractivity contribution >= 4 is 0 Å². The van der Waals surface area contributed by atoms with Gasteiger partial charge in [-0.3, -0.25) is 4.90 Å². The number of hydrogen-bond donors (Lipinski definition) is 1. The number of likely N-dealkylation sites (tertiary alicyclic amines) is 1. The van der Waals surface area contributed by atoms with Gasteiger partial charge in [0.25, 0.3) is 0 Å². The van der Waals surface area contributed by atoms with E-state index in [-0.39, 0.29) is 0 Å². The van der Waals surface area contributed by atoms with Crippen LogP contribution in [0.2, 0.25) is 0 Å². The van der Waals surface area contributed by atoms with Crippen LogP contribution in [0.3, 0.4) is 0 Å². The average molecular weight is 258 g/mol. The molecule has 2 heteroatoms. The van der Waals surface area contributed by atoms with E-state index >= 15 is 0 Å². The van der Waals surface area contributed by atoms with Gasteiger partial charge in [0, 0.05) is 25.2 Å². The van der Waals surface area contributed by atoms with Crippen LogP contribution in [0.1, 0.15) is 43.2 Å². The number of aryl methyl sites for hydroxylation is 1. The quantitative estimate of drug-likeness (QED) is 0.903. The summed E-state index contributed by atoms with van der Waals surface area (Å²) in [7, 11) is 0. The van der Waals surface area contributed by atoms with Crippen LogP contribution in [0.5, 0.6) is 0 Å². The predicted octanol–water partition coefficient (Wildman–Crippen LogP) is 2.91. The molecule has 1 heterocycles. The van der Waals surface area contributed by atoms with Crippen molar-refractivity contribution in [2.24, 2.45) is 11.7 Å². The fourth-order valence-corrected chi connectivity index (χ4v) is 3.46. The lowest BCUT2D eigenvalue weighted by atomic mass is 9.87. The van der Waals surface area contributed by atoms with Gasteiger partial charge in [-0.25, -0.2) is 0 Å². The van der Waals surface area contributed by atoms with Gasteiger partial charge in [0.15, 0.2) is 0 Å². The summed E-state index contributed by atoms with van der Waals surface area (Å²) < 4.78 is 0. The molecule has 1 aromatic carbocycles. The van der Waals surface area contributed by atoms with Crippen LogP contribution < -0.4 is 5.73 Å². The van der Waals surface area contributed by atoms with E-state index < -0.39 is 0 Å². The van der Waals surface area contributed by atoms with Gasteiger partial charge >= 0.3 is 0 Å². The zero-order chi connectivity index (χ0) is 13.4. The molecule has 104 valence electrons. The van der Waals surface area contributed by atoms with E-state index in [4.69, 9.17) is 5.73 Å². The molecule has 3 unspecified atom stereocenters. The molecule has 2 aliphatic rings. The lowest BCUT2D eigenvalue weighted by Gasteiger charge is -2.40. The minimum Gasteiger partial charge on any atom is -0.327 e. The van der Waals surface area contributed by atoms with E-state index in [0.29, 0.717) is 12.0 Å². The smallest absolute Gasteiger partial charge is 0.0174 e. The molecule has 2 nitrogen and oxygen atoms in total. The highest BCUT2D eigenvalue weighted by molar-refractivity contribution is 5.25. The Balaban J connectivity index is 1.72. The second-order valence-corrected chi connectivity index (χ2v) is 6.64. The van der Waals surface area contributed by atoms with Crippen LogP contribution in [0.4, 0.5) is 0 Å². The molecule has 1 aromatic rings. The van der Waals surface area contributed by atoms with Crippen molar-refractivity contribution in [2.45, 2.75) is 51.1 Å². The van der Waals surface area contributed by atoms with E-state index in [0.717, 1.165) is 24.9 Å². The zero-order valence-corrected chi connectivity index (χ0v) is 12.2. The molecule has 2 fully saturated rings. The summed E-state index contributed by atoms with van der Waals surface area (Å²) in [5.74, 6) is 1.55. The highest BCUT2D eigenvalue weighted by atomic mass is 15.2. The lowest BCUT2D eigenvalue weighted by molar-refractivity contribution is 0.130. The first-order valence-electron chi connectivity index (χ1n) is 7.69. The van der Waals surface area contributed by atoms with E-state index in [2.05, 4.69) is 43.0 Å². The predicted molar refractivity (Wildman–Crippen MR) is 80.3 cm³/mol. The Morgan fingerprint density at radius 1 is 1.16 bits per heavy atom. The molecule has 3 atom stereocenters. The molecule has 0 amide bonds. The van der Waals surface area contributed by atoms with Gasteiger partial charge in [-0.2, -0.15) is 0 Å². The highest BCUT2D eigenvalue weighted by Gasteiger charge is 2.36. The minimum atomic E-state index is 0.334. The number of benzene rings is 1. The summed E-state index contributed by atoms with van der Waals surface area (Å²) >= 11 is 0. The molecule has 1 aliphatic carbocycles. The van der Waals surface area contributed by atoms with Gasteiger partial charge in [-0.05, 0) is 50.5 Å². The van der Waals surface area contributed by atoms with Crippen molar-refractivity contribution < 1.29 is 0 Å². The van der Waals surface area contributed by atoms with Gasteiger partial charge < -0.3 is 5.73 Å². The Morgan fingerprint density at radius 2 is 1.84 bits per heavy atom. The number of hydrogen-bond acceptors (Lipinski definition) is 2. The molecule has 1 saturated heterocycles. The third kappa shape index (κ3) is 3.01. The maximum absolute atomic E-state index is 6.30. The van der Waals surface area contributed by atoms with Gasteiger partial charge in [0.2, 0.25) is 0 Å². The number of nitrogens with two attached hydrogens (primary N) is 1. The van der Waals surface area contributed by atoms with Crippen molar-refractivity contribution in [1.82, 2.24) is 4.90 Å². The first-order valence-corrected chi connectivity index (χ1v) is 7.69. The summed E-state index contributed by atoms with van der Waals surface area (Å²) in [4.78, 5) is 2.64. The maximum atomic E-state index is 6.30. The average Bonchev–Trinajstić information content (AvgIpc) is 3.22. The van der Waals surface area contributed by atoms with Crippen LogP contribution in [-0.2, 0) is 0 Å². The molecule has 1 saturated carbocycles. The van der Waals surface area contributed by atoms with Gasteiger partial charge in [0.1, 0.15) is 0 Å². The fraction of sp³-hybridized carbons (Fsp3) is 0.647. The van der Waals surface area contributed by atoms with Gasteiger partial charge in [-0.1, -0.05) is 29.8 Å². The van der Waals surface area contributed by atoms with E-state index in [1.165, 1.54) is 30.5 Å². The Morgan fingerprint density at radius 3 is 2.47 bits per heavy atom. The molecule has 0 radical (unpaired) electrons. The third-order valence-corrected chi connectivity index (χ3v) is 4.94. The summed E-state index contributed by atoms with van der Waals surface area (Å²) in [6.45, 7) is 6.81. The third-order valence-electron chi connectivity index (χ3n) is 4.94. The van der Waals surface area contributed by atoms with Crippen LogP contribution >= 0.6 is 0 Å². The topological polar surface area (TPSA) is 29.3 Å². The van der Waals surface area contributed by atoms with Crippen LogP contribution in [0, 0.1) is 12.8 Å². The zero-order valence-electron chi connectivity index (χ0n) is 12.2. The Hall–Kier alpha value is -0.860.